The Hall–Kier alpha value is -4.35. The van der Waals surface area contributed by atoms with Gasteiger partial charge < -0.3 is 5.32 Å². The predicted octanol–water partition coefficient (Wildman–Crippen LogP) is 4.49. The Bertz CT molecular complexity index is 1540. The van der Waals surface area contributed by atoms with E-state index in [-0.39, 0.29) is 18.0 Å². The number of hydrogen-bond acceptors (Lipinski definition) is 6. The first kappa shape index (κ1) is 25.9. The van der Waals surface area contributed by atoms with Crippen molar-refractivity contribution >= 4 is 5.91 Å². The van der Waals surface area contributed by atoms with Crippen LogP contribution in [-0.2, 0) is 11.3 Å². The fraction of sp³-hybridized carbons (Fsp3) is 0.241. The Morgan fingerprint density at radius 1 is 0.925 bits per heavy atom. The Labute approximate surface area is 228 Å². The summed E-state index contributed by atoms with van der Waals surface area (Å²) in [5, 5.41) is 9.25. The molecule has 204 valence electrons. The first-order valence-corrected chi connectivity index (χ1v) is 13.0. The van der Waals surface area contributed by atoms with Crippen molar-refractivity contribution in [1.82, 2.24) is 35.5 Å². The molecular weight excluding hydrogens is 519 g/mol. The molecule has 1 saturated heterocycles. The zero-order valence-electron chi connectivity index (χ0n) is 21.4. The maximum atomic E-state index is 13.8. The van der Waals surface area contributed by atoms with Crippen LogP contribution in [0.3, 0.4) is 0 Å². The molecule has 0 spiro atoms. The minimum atomic E-state index is -1.53. The summed E-state index contributed by atoms with van der Waals surface area (Å²) < 4.78 is 42.9. The number of rotatable bonds is 6. The first-order valence-electron chi connectivity index (χ1n) is 13.0. The van der Waals surface area contributed by atoms with Gasteiger partial charge in [-0.05, 0) is 55.3 Å². The number of aromatic nitrogens is 4. The standard InChI is InChI=1S/C29H26F3N7O/c30-24-11-20(12-25(31)28(24)32)26-4-5-27(40)39(37-26)16-18-2-1-3-19(10-18)29-34-13-21(14-35-29)22-15-36-38(17-22)23-6-8-33-9-7-23/h1-5,10-15,17,23,26,33,37H,6-9,16H2. The van der Waals surface area contributed by atoms with Crippen LogP contribution >= 0.6 is 0 Å². The molecule has 2 aromatic carbocycles. The summed E-state index contributed by atoms with van der Waals surface area (Å²) in [6.45, 7) is 2.15. The lowest BCUT2D eigenvalue weighted by molar-refractivity contribution is -0.131. The van der Waals surface area contributed by atoms with Crippen molar-refractivity contribution in [3.63, 3.8) is 0 Å². The SMILES string of the molecule is O=C1C=CC(c2cc(F)c(F)c(F)c2)NN1Cc1cccc(-c2ncc(-c3cnn(C4CCNCC4)c3)cn2)c1. The highest BCUT2D eigenvalue weighted by atomic mass is 19.2. The van der Waals surface area contributed by atoms with Crippen LogP contribution in [0.1, 0.15) is 36.1 Å². The van der Waals surface area contributed by atoms with E-state index in [2.05, 4.69) is 25.8 Å². The van der Waals surface area contributed by atoms with Gasteiger partial charge in [0.1, 0.15) is 0 Å². The Morgan fingerprint density at radius 2 is 1.68 bits per heavy atom. The number of halogens is 3. The van der Waals surface area contributed by atoms with E-state index in [0.717, 1.165) is 60.3 Å². The summed E-state index contributed by atoms with van der Waals surface area (Å²) >= 11 is 0. The largest absolute Gasteiger partial charge is 0.317 e. The van der Waals surface area contributed by atoms with Crippen LogP contribution in [0.4, 0.5) is 13.2 Å². The van der Waals surface area contributed by atoms with Crippen LogP contribution < -0.4 is 10.7 Å². The van der Waals surface area contributed by atoms with Crippen LogP contribution in [0.25, 0.3) is 22.5 Å². The molecule has 2 aromatic heterocycles. The van der Waals surface area contributed by atoms with Gasteiger partial charge in [0.25, 0.3) is 5.91 Å². The van der Waals surface area contributed by atoms with E-state index in [0.29, 0.717) is 11.9 Å². The molecule has 6 rings (SSSR count). The average Bonchev–Trinajstić information content (AvgIpc) is 3.48. The molecule has 2 N–H and O–H groups in total. The highest BCUT2D eigenvalue weighted by molar-refractivity contribution is 5.88. The monoisotopic (exact) mass is 545 g/mol. The van der Waals surface area contributed by atoms with Gasteiger partial charge in [-0.25, -0.2) is 28.6 Å². The van der Waals surface area contributed by atoms with Crippen molar-refractivity contribution in [2.24, 2.45) is 0 Å². The molecule has 2 aliphatic rings. The summed E-state index contributed by atoms with van der Waals surface area (Å²) in [6.07, 6.45) is 12.3. The molecule has 40 heavy (non-hydrogen) atoms. The third-order valence-corrected chi connectivity index (χ3v) is 7.15. The van der Waals surface area contributed by atoms with Gasteiger partial charge in [0.2, 0.25) is 0 Å². The minimum Gasteiger partial charge on any atom is -0.317 e. The highest BCUT2D eigenvalue weighted by Crippen LogP contribution is 2.26. The molecule has 1 unspecified atom stereocenters. The third-order valence-electron chi connectivity index (χ3n) is 7.15. The van der Waals surface area contributed by atoms with Crippen LogP contribution in [0, 0.1) is 17.5 Å². The smallest absolute Gasteiger partial charge is 0.260 e. The molecule has 0 radical (unpaired) electrons. The molecule has 11 heteroatoms. The van der Waals surface area contributed by atoms with Gasteiger partial charge in [-0.1, -0.05) is 24.3 Å². The number of piperidine rings is 1. The summed E-state index contributed by atoms with van der Waals surface area (Å²) in [4.78, 5) is 21.6. The molecule has 1 atom stereocenters. The number of amides is 1. The lowest BCUT2D eigenvalue weighted by atomic mass is 10.0. The maximum Gasteiger partial charge on any atom is 0.260 e. The van der Waals surface area contributed by atoms with Gasteiger partial charge in [-0.3, -0.25) is 14.5 Å². The second kappa shape index (κ2) is 11.0. The zero-order chi connectivity index (χ0) is 27.6. The van der Waals surface area contributed by atoms with Crippen molar-refractivity contribution < 1.29 is 18.0 Å². The number of nitrogens with one attached hydrogen (secondary N) is 2. The summed E-state index contributed by atoms with van der Waals surface area (Å²) in [5.41, 5.74) is 6.50. The van der Waals surface area contributed by atoms with E-state index in [9.17, 15) is 18.0 Å². The van der Waals surface area contributed by atoms with E-state index >= 15 is 0 Å². The van der Waals surface area contributed by atoms with Gasteiger partial charge in [-0.15, -0.1) is 0 Å². The molecule has 0 aliphatic carbocycles. The van der Waals surface area contributed by atoms with E-state index in [1.54, 1.807) is 12.4 Å². The molecule has 4 heterocycles. The normalized spacial score (nSPS) is 17.9. The summed E-state index contributed by atoms with van der Waals surface area (Å²) in [6, 6.07) is 8.96. The molecule has 8 nitrogen and oxygen atoms in total. The maximum absolute atomic E-state index is 13.8. The molecule has 1 amide bonds. The lowest BCUT2D eigenvalue weighted by Crippen LogP contribution is -2.45. The van der Waals surface area contributed by atoms with Gasteiger partial charge in [0, 0.05) is 41.4 Å². The zero-order valence-corrected chi connectivity index (χ0v) is 21.4. The fourth-order valence-electron chi connectivity index (χ4n) is 4.98. The van der Waals surface area contributed by atoms with Gasteiger partial charge in [-0.2, -0.15) is 5.10 Å². The van der Waals surface area contributed by atoms with Gasteiger partial charge in [0.15, 0.2) is 23.3 Å². The second-order valence-electron chi connectivity index (χ2n) is 9.87. The molecule has 0 bridgehead atoms. The molecule has 1 fully saturated rings. The predicted molar refractivity (Wildman–Crippen MR) is 142 cm³/mol. The average molecular weight is 546 g/mol. The van der Waals surface area contributed by atoms with Gasteiger partial charge >= 0.3 is 0 Å². The molecule has 0 saturated carbocycles. The quantitative estimate of drug-likeness (QED) is 0.347. The topological polar surface area (TPSA) is 88.0 Å². The number of benzene rings is 2. The van der Waals surface area contributed by atoms with Crippen molar-refractivity contribution in [3.05, 3.63) is 102 Å². The summed E-state index contributed by atoms with van der Waals surface area (Å²) in [7, 11) is 0. The van der Waals surface area contributed by atoms with Crippen molar-refractivity contribution in [2.45, 2.75) is 31.5 Å². The lowest BCUT2D eigenvalue weighted by Gasteiger charge is -2.30. The van der Waals surface area contributed by atoms with Crippen LogP contribution in [0.2, 0.25) is 0 Å². The Balaban J connectivity index is 1.15. The Kier molecular flexibility index (Phi) is 7.14. The minimum absolute atomic E-state index is 0.161. The third kappa shape index (κ3) is 5.38. The van der Waals surface area contributed by atoms with Gasteiger partial charge in [0.05, 0.1) is 24.8 Å². The van der Waals surface area contributed by atoms with Crippen molar-refractivity contribution in [2.75, 3.05) is 13.1 Å². The van der Waals surface area contributed by atoms with Crippen LogP contribution in [-0.4, -0.2) is 43.8 Å². The molecular formula is C29H26F3N7O. The number of hydrogen-bond donors (Lipinski definition) is 2. The van der Waals surface area contributed by atoms with E-state index < -0.39 is 23.5 Å². The number of hydrazine groups is 1. The molecule has 2 aliphatic heterocycles. The van der Waals surface area contributed by atoms with E-state index in [1.807, 2.05) is 41.3 Å². The van der Waals surface area contributed by atoms with Crippen molar-refractivity contribution in [3.8, 4) is 22.5 Å². The molecule has 4 aromatic rings. The second-order valence-corrected chi connectivity index (χ2v) is 9.87. The summed E-state index contributed by atoms with van der Waals surface area (Å²) in [5.74, 6) is -3.90. The number of carbonyl (C=O) groups excluding carboxylic acids is 1. The Morgan fingerprint density at radius 3 is 2.42 bits per heavy atom. The number of nitrogens with zero attached hydrogens (tertiary/aromatic N) is 5. The van der Waals surface area contributed by atoms with E-state index in [4.69, 9.17) is 0 Å². The fourth-order valence-corrected chi connectivity index (χ4v) is 4.98. The number of carbonyl (C=O) groups is 1. The van der Waals surface area contributed by atoms with Crippen LogP contribution in [0.15, 0.2) is 73.3 Å². The van der Waals surface area contributed by atoms with Crippen molar-refractivity contribution in [1.29, 1.82) is 0 Å². The highest BCUT2D eigenvalue weighted by Gasteiger charge is 2.24. The van der Waals surface area contributed by atoms with E-state index in [1.165, 1.54) is 17.2 Å². The van der Waals surface area contributed by atoms with Crippen LogP contribution in [0.5, 0.6) is 0 Å². The first-order chi connectivity index (χ1) is 19.4.